The SMILES string of the molecule is Cc1nc(C)c(C(=O)Nc2nccc(Cl)n2)o1. The number of oxazole rings is 1. The van der Waals surface area contributed by atoms with Gasteiger partial charge in [0, 0.05) is 13.1 Å². The lowest BCUT2D eigenvalue weighted by Gasteiger charge is -2.01. The quantitative estimate of drug-likeness (QED) is 0.827. The number of aromatic nitrogens is 3. The molecule has 2 rings (SSSR count). The maximum Gasteiger partial charge on any atom is 0.295 e. The molecule has 0 radical (unpaired) electrons. The van der Waals surface area contributed by atoms with E-state index >= 15 is 0 Å². The predicted octanol–water partition coefficient (Wildman–Crippen LogP) is 1.99. The first-order valence-corrected chi connectivity index (χ1v) is 5.18. The second-order valence-corrected chi connectivity index (χ2v) is 3.69. The number of rotatable bonds is 2. The van der Waals surface area contributed by atoms with E-state index in [4.69, 9.17) is 16.0 Å². The van der Waals surface area contributed by atoms with Gasteiger partial charge >= 0.3 is 0 Å². The zero-order chi connectivity index (χ0) is 12.4. The van der Waals surface area contributed by atoms with Crippen molar-refractivity contribution in [3.8, 4) is 0 Å². The molecule has 7 heteroatoms. The van der Waals surface area contributed by atoms with E-state index in [9.17, 15) is 4.79 Å². The summed E-state index contributed by atoms with van der Waals surface area (Å²) in [4.78, 5) is 23.5. The van der Waals surface area contributed by atoms with E-state index in [0.717, 1.165) is 0 Å². The average Bonchev–Trinajstić information content (AvgIpc) is 2.58. The molecule has 0 saturated heterocycles. The van der Waals surface area contributed by atoms with E-state index in [0.29, 0.717) is 11.6 Å². The minimum Gasteiger partial charge on any atom is -0.436 e. The van der Waals surface area contributed by atoms with Crippen LogP contribution in [0.5, 0.6) is 0 Å². The van der Waals surface area contributed by atoms with E-state index in [1.807, 2.05) is 0 Å². The van der Waals surface area contributed by atoms with Gasteiger partial charge in [0.2, 0.25) is 11.7 Å². The van der Waals surface area contributed by atoms with Crippen LogP contribution in [0.25, 0.3) is 0 Å². The van der Waals surface area contributed by atoms with Crippen molar-refractivity contribution in [2.24, 2.45) is 0 Å². The Morgan fingerprint density at radius 1 is 1.41 bits per heavy atom. The Labute approximate surface area is 102 Å². The molecule has 2 aromatic rings. The molecule has 0 aliphatic carbocycles. The lowest BCUT2D eigenvalue weighted by Crippen LogP contribution is -2.14. The van der Waals surface area contributed by atoms with Gasteiger partial charge in [0.1, 0.15) is 5.15 Å². The maximum absolute atomic E-state index is 11.8. The van der Waals surface area contributed by atoms with Crippen molar-refractivity contribution in [2.75, 3.05) is 5.32 Å². The van der Waals surface area contributed by atoms with E-state index < -0.39 is 5.91 Å². The minimum absolute atomic E-state index is 0.121. The number of hydrogen-bond donors (Lipinski definition) is 1. The number of carbonyl (C=O) groups is 1. The summed E-state index contributed by atoms with van der Waals surface area (Å²) >= 11 is 5.67. The molecule has 6 nitrogen and oxygen atoms in total. The lowest BCUT2D eigenvalue weighted by molar-refractivity contribution is 0.0993. The van der Waals surface area contributed by atoms with Crippen molar-refractivity contribution < 1.29 is 9.21 Å². The summed E-state index contributed by atoms with van der Waals surface area (Å²) in [6, 6.07) is 1.51. The molecule has 17 heavy (non-hydrogen) atoms. The van der Waals surface area contributed by atoms with Crippen LogP contribution in [0.2, 0.25) is 5.15 Å². The van der Waals surface area contributed by atoms with Crippen molar-refractivity contribution in [3.05, 3.63) is 34.8 Å². The number of anilines is 1. The molecule has 0 aliphatic rings. The second-order valence-electron chi connectivity index (χ2n) is 3.30. The zero-order valence-electron chi connectivity index (χ0n) is 9.19. The van der Waals surface area contributed by atoms with Gasteiger partial charge in [-0.25, -0.2) is 15.0 Å². The van der Waals surface area contributed by atoms with Gasteiger partial charge in [-0.05, 0) is 13.0 Å². The van der Waals surface area contributed by atoms with Crippen molar-refractivity contribution >= 4 is 23.5 Å². The molecule has 0 saturated carbocycles. The largest absolute Gasteiger partial charge is 0.436 e. The third-order valence-corrected chi connectivity index (χ3v) is 2.17. The first-order valence-electron chi connectivity index (χ1n) is 4.80. The number of aryl methyl sites for hydroxylation is 2. The third kappa shape index (κ3) is 2.59. The van der Waals surface area contributed by atoms with Crippen molar-refractivity contribution in [1.29, 1.82) is 0 Å². The summed E-state index contributed by atoms with van der Waals surface area (Å²) in [5, 5.41) is 2.72. The molecular weight excluding hydrogens is 244 g/mol. The molecule has 88 valence electrons. The van der Waals surface area contributed by atoms with Gasteiger partial charge in [-0.2, -0.15) is 0 Å². The first kappa shape index (κ1) is 11.5. The Kier molecular flexibility index (Phi) is 3.06. The molecule has 0 aromatic carbocycles. The van der Waals surface area contributed by atoms with E-state index in [-0.39, 0.29) is 16.9 Å². The Morgan fingerprint density at radius 2 is 2.18 bits per heavy atom. The van der Waals surface area contributed by atoms with Crippen LogP contribution in [0.4, 0.5) is 5.95 Å². The van der Waals surface area contributed by atoms with Crippen LogP contribution in [0.3, 0.4) is 0 Å². The fourth-order valence-electron chi connectivity index (χ4n) is 1.30. The summed E-state index contributed by atoms with van der Waals surface area (Å²) in [6.07, 6.45) is 1.45. The van der Waals surface area contributed by atoms with E-state index in [1.54, 1.807) is 13.8 Å². The Morgan fingerprint density at radius 3 is 2.76 bits per heavy atom. The Balaban J connectivity index is 2.20. The number of amides is 1. The monoisotopic (exact) mass is 252 g/mol. The van der Waals surface area contributed by atoms with Crippen LogP contribution in [0.15, 0.2) is 16.7 Å². The molecule has 0 spiro atoms. The second kappa shape index (κ2) is 4.50. The van der Waals surface area contributed by atoms with E-state index in [1.165, 1.54) is 12.3 Å². The maximum atomic E-state index is 11.8. The highest BCUT2D eigenvalue weighted by Crippen LogP contribution is 2.12. The van der Waals surface area contributed by atoms with Gasteiger partial charge in [-0.3, -0.25) is 10.1 Å². The van der Waals surface area contributed by atoms with Gasteiger partial charge in [0.25, 0.3) is 5.91 Å². The highest BCUT2D eigenvalue weighted by molar-refractivity contribution is 6.29. The predicted molar refractivity (Wildman–Crippen MR) is 61.0 cm³/mol. The van der Waals surface area contributed by atoms with Crippen LogP contribution in [0.1, 0.15) is 22.1 Å². The smallest absolute Gasteiger partial charge is 0.295 e. The van der Waals surface area contributed by atoms with Crippen LogP contribution >= 0.6 is 11.6 Å². The molecule has 0 bridgehead atoms. The molecule has 2 aromatic heterocycles. The molecular formula is C10H9ClN4O2. The van der Waals surface area contributed by atoms with Gasteiger partial charge in [-0.1, -0.05) is 11.6 Å². The highest BCUT2D eigenvalue weighted by atomic mass is 35.5. The summed E-state index contributed by atoms with van der Waals surface area (Å²) in [6.45, 7) is 3.35. The number of halogens is 1. The van der Waals surface area contributed by atoms with Crippen LogP contribution in [-0.2, 0) is 0 Å². The molecule has 1 N–H and O–H groups in total. The molecule has 0 unspecified atom stereocenters. The molecule has 0 atom stereocenters. The van der Waals surface area contributed by atoms with Crippen LogP contribution in [-0.4, -0.2) is 20.9 Å². The summed E-state index contributed by atoms with van der Waals surface area (Å²) < 4.78 is 5.17. The topological polar surface area (TPSA) is 80.9 Å². The molecule has 0 fully saturated rings. The van der Waals surface area contributed by atoms with Gasteiger partial charge in [-0.15, -0.1) is 0 Å². The molecule has 1 amide bonds. The normalized spacial score (nSPS) is 10.3. The summed E-state index contributed by atoms with van der Waals surface area (Å²) in [5.41, 5.74) is 0.516. The molecule has 0 aliphatic heterocycles. The summed E-state index contributed by atoms with van der Waals surface area (Å²) in [5.74, 6) is 0.243. The van der Waals surface area contributed by atoms with Gasteiger partial charge in [0.15, 0.2) is 5.89 Å². The number of nitrogens with one attached hydrogen (secondary N) is 1. The lowest BCUT2D eigenvalue weighted by atomic mass is 10.3. The number of hydrogen-bond acceptors (Lipinski definition) is 5. The fraction of sp³-hybridized carbons (Fsp3) is 0.200. The average molecular weight is 253 g/mol. The molecule has 2 heterocycles. The number of carbonyl (C=O) groups excluding carboxylic acids is 1. The summed E-state index contributed by atoms with van der Waals surface area (Å²) in [7, 11) is 0. The first-order chi connectivity index (χ1) is 8.06. The van der Waals surface area contributed by atoms with Crippen LogP contribution in [0, 0.1) is 13.8 Å². The van der Waals surface area contributed by atoms with Gasteiger partial charge in [0.05, 0.1) is 5.69 Å². The Hall–Kier alpha value is -1.95. The standard InChI is InChI=1S/C10H9ClN4O2/c1-5-8(17-6(2)13-5)9(16)15-10-12-4-3-7(11)14-10/h3-4H,1-2H3,(H,12,14,15,16). The van der Waals surface area contributed by atoms with E-state index in [2.05, 4.69) is 20.3 Å². The van der Waals surface area contributed by atoms with Crippen molar-refractivity contribution in [1.82, 2.24) is 15.0 Å². The fourth-order valence-corrected chi connectivity index (χ4v) is 1.43. The minimum atomic E-state index is -0.453. The zero-order valence-corrected chi connectivity index (χ0v) is 9.95. The van der Waals surface area contributed by atoms with Crippen molar-refractivity contribution in [2.45, 2.75) is 13.8 Å². The van der Waals surface area contributed by atoms with Gasteiger partial charge < -0.3 is 4.42 Å². The van der Waals surface area contributed by atoms with Crippen molar-refractivity contribution in [3.63, 3.8) is 0 Å². The Bertz CT molecular complexity index is 567. The third-order valence-electron chi connectivity index (χ3n) is 1.96. The highest BCUT2D eigenvalue weighted by Gasteiger charge is 2.16. The van der Waals surface area contributed by atoms with Crippen LogP contribution < -0.4 is 5.32 Å². The number of nitrogens with zero attached hydrogens (tertiary/aromatic N) is 3.